The van der Waals surface area contributed by atoms with Crippen molar-refractivity contribution in [2.45, 2.75) is 260 Å². The van der Waals surface area contributed by atoms with Gasteiger partial charge in [-0.25, -0.2) is 0 Å². The van der Waals surface area contributed by atoms with Crippen LogP contribution in [0.2, 0.25) is 0 Å². The molecule has 10 aliphatic rings. The first-order valence-electron chi connectivity index (χ1n) is 30.2. The second-order valence-electron chi connectivity index (χ2n) is 28.1. The van der Waals surface area contributed by atoms with E-state index >= 15 is 4.79 Å². The van der Waals surface area contributed by atoms with Crippen LogP contribution in [0.15, 0.2) is 11.6 Å². The van der Waals surface area contributed by atoms with Crippen molar-refractivity contribution in [2.75, 3.05) is 33.0 Å². The predicted octanol–water partition coefficient (Wildman–Crippen LogP) is -2.93. The number of esters is 1. The third-order valence-corrected chi connectivity index (χ3v) is 22.8. The number of fused-ring (bicyclic) bond motifs is 7. The summed E-state index contributed by atoms with van der Waals surface area (Å²) in [5, 5.41) is 164. The molecule has 0 bridgehead atoms. The first kappa shape index (κ1) is 65.2. The van der Waals surface area contributed by atoms with Crippen LogP contribution in [-0.2, 0) is 52.2 Å². The molecule has 84 heavy (non-hydrogen) atoms. The second-order valence-corrected chi connectivity index (χ2v) is 28.1. The zero-order valence-corrected chi connectivity index (χ0v) is 49.0. The largest absolute Gasteiger partial charge is 0.432 e. The maximum absolute atomic E-state index is 15.4. The Bertz CT molecular complexity index is 2330. The van der Waals surface area contributed by atoms with Crippen molar-refractivity contribution in [1.29, 1.82) is 0 Å². The van der Waals surface area contributed by atoms with Gasteiger partial charge in [-0.2, -0.15) is 0 Å². The molecule has 0 spiro atoms. The molecule has 26 nitrogen and oxygen atoms in total. The van der Waals surface area contributed by atoms with Crippen LogP contribution in [0.25, 0.3) is 0 Å². The molecule has 15 N–H and O–H groups in total. The first-order valence-corrected chi connectivity index (χ1v) is 30.2. The SMILES string of the molecule is C[C@@H]1O[C@@H](O[C@@H]2[C@@H](O)[C@H](OC[C@H]3O[C@@H](O[C@H]4[C@H](OC(=O)[C@]56CCC(C)(C)C[C@H]5C5=CC[C@@H]7[C@@]8(C)CC[C@H](O)[C@@](C)(CO)[C@@H]8CC[C@@]7(C)[C@]5(C)CC6)O[C@H](CO)[C@@H](O)[C@@H]4O)[C@H](O)[C@@H](O)[C@@H]3O)OC[C@H]2O)[C@H](O)[C@H](O)[C@H]1O[C@@H]1OC[C@@H](O)[C@H](O)[C@H]1O. The Morgan fingerprint density at radius 1 is 0.571 bits per heavy atom. The number of rotatable bonds is 13. The van der Waals surface area contributed by atoms with Crippen molar-refractivity contribution in [3.63, 3.8) is 0 Å². The number of carbonyl (C=O) groups is 1. The van der Waals surface area contributed by atoms with Gasteiger partial charge in [-0.1, -0.05) is 53.2 Å². The Morgan fingerprint density at radius 3 is 1.87 bits per heavy atom. The highest BCUT2D eigenvalue weighted by Gasteiger charge is 2.70. The fourth-order valence-electron chi connectivity index (χ4n) is 17.3. The number of hydrogen-bond donors (Lipinski definition) is 15. The minimum absolute atomic E-state index is 0.0957. The summed E-state index contributed by atoms with van der Waals surface area (Å²) in [5.41, 5.74) is -1.35. The van der Waals surface area contributed by atoms with E-state index in [4.69, 9.17) is 47.4 Å². The summed E-state index contributed by atoms with van der Waals surface area (Å²) in [6, 6.07) is 0. The summed E-state index contributed by atoms with van der Waals surface area (Å²) in [6.45, 7) is 12.4. The van der Waals surface area contributed by atoms with Crippen LogP contribution < -0.4 is 0 Å². The standard InChI is InChI=1S/C58H94O26/c1-24-44(81-48-40(70)34(64)27(61)20-76-48)39(69)42(72)49(78-24)82-45-28(62)21-75-47(43(45)73)77-22-30-36(66)37(67)41(71)50(80-30)83-46-38(68)35(65)29(19-59)79-51(46)84-52(74)58-16-14-53(2,3)18-26(58)25-8-9-32-54(4)12-11-33(63)55(5,23-60)31(54)10-13-57(32,7)56(25,6)15-17-58/h8,24,26-51,59-73H,9-23H2,1-7H3/t24-,26-,27+,28+,29+,30+,31+,32+,33-,34-,35+,36+,37-,38-,39-,40+,41+,42+,43+,44-,45-,46+,47-,48-,49-,50-,51-,54-,55-,56+,57+,58-/m0/s1. The lowest BCUT2D eigenvalue weighted by Gasteiger charge is -2.71. The van der Waals surface area contributed by atoms with Crippen molar-refractivity contribution >= 4 is 5.97 Å². The molecule has 0 radical (unpaired) electrons. The van der Waals surface area contributed by atoms with E-state index in [-0.39, 0.29) is 46.0 Å². The molecule has 5 aliphatic heterocycles. The van der Waals surface area contributed by atoms with Gasteiger partial charge in [-0.15, -0.1) is 0 Å². The van der Waals surface area contributed by atoms with Crippen molar-refractivity contribution in [2.24, 2.45) is 50.2 Å². The Labute approximate surface area is 488 Å². The highest BCUT2D eigenvalue weighted by Crippen LogP contribution is 2.76. The van der Waals surface area contributed by atoms with Crippen molar-refractivity contribution in [3.8, 4) is 0 Å². The average molecular weight is 1210 g/mol. The number of ether oxygens (including phenoxy) is 10. The normalized spacial score (nSPS) is 54.9. The maximum atomic E-state index is 15.4. The molecule has 0 aromatic carbocycles. The number of aliphatic hydroxyl groups excluding tert-OH is 15. The summed E-state index contributed by atoms with van der Waals surface area (Å²) < 4.78 is 58.3. The molecule has 5 heterocycles. The van der Waals surface area contributed by atoms with Gasteiger partial charge in [-0.3, -0.25) is 4.79 Å². The molecule has 9 fully saturated rings. The first-order chi connectivity index (χ1) is 39.4. The minimum atomic E-state index is -2.04. The van der Waals surface area contributed by atoms with Crippen molar-refractivity contribution in [3.05, 3.63) is 11.6 Å². The summed E-state index contributed by atoms with van der Waals surface area (Å²) in [6.07, 6.45) is -30.7. The summed E-state index contributed by atoms with van der Waals surface area (Å²) in [7, 11) is 0. The third kappa shape index (κ3) is 10.9. The highest BCUT2D eigenvalue weighted by atomic mass is 16.8. The highest BCUT2D eigenvalue weighted by molar-refractivity contribution is 5.79. The third-order valence-electron chi connectivity index (χ3n) is 22.8. The molecular formula is C58H94O26. The zero-order chi connectivity index (χ0) is 61.1. The Kier molecular flexibility index (Phi) is 18.7. The molecule has 0 unspecified atom stereocenters. The number of hydrogen-bond acceptors (Lipinski definition) is 26. The number of carbonyl (C=O) groups excluding carboxylic acids is 1. The summed E-state index contributed by atoms with van der Waals surface area (Å²) >= 11 is 0. The summed E-state index contributed by atoms with van der Waals surface area (Å²) in [4.78, 5) is 15.4. The molecular weight excluding hydrogens is 1110 g/mol. The van der Waals surface area contributed by atoms with Crippen LogP contribution in [-0.4, -0.2) is 263 Å². The van der Waals surface area contributed by atoms with Gasteiger partial charge in [0.1, 0.15) is 97.7 Å². The van der Waals surface area contributed by atoms with Gasteiger partial charge in [0.25, 0.3) is 0 Å². The zero-order valence-electron chi connectivity index (χ0n) is 49.0. The maximum Gasteiger partial charge on any atom is 0.315 e. The van der Waals surface area contributed by atoms with Crippen LogP contribution in [0.5, 0.6) is 0 Å². The Morgan fingerprint density at radius 2 is 1.17 bits per heavy atom. The monoisotopic (exact) mass is 1210 g/mol. The van der Waals surface area contributed by atoms with Crippen molar-refractivity contribution in [1.82, 2.24) is 0 Å². The molecule has 26 heteroatoms. The lowest BCUT2D eigenvalue weighted by Crippen LogP contribution is -2.66. The second kappa shape index (κ2) is 24.1. The number of allylic oxidation sites excluding steroid dienone is 2. The smallest absolute Gasteiger partial charge is 0.315 e. The van der Waals surface area contributed by atoms with Gasteiger partial charge >= 0.3 is 5.97 Å². The van der Waals surface area contributed by atoms with Crippen LogP contribution in [0.3, 0.4) is 0 Å². The minimum Gasteiger partial charge on any atom is -0.432 e. The van der Waals surface area contributed by atoms with Crippen LogP contribution in [0.4, 0.5) is 0 Å². The van der Waals surface area contributed by atoms with Gasteiger partial charge in [0, 0.05) is 5.41 Å². The van der Waals surface area contributed by atoms with Crippen LogP contribution >= 0.6 is 0 Å². The average Bonchev–Trinajstić information content (AvgIpc) is 0.698. The van der Waals surface area contributed by atoms with E-state index in [2.05, 4.69) is 40.7 Å². The molecule has 0 aromatic rings. The quantitative estimate of drug-likeness (QED) is 0.0648. The van der Waals surface area contributed by atoms with Gasteiger partial charge in [0.05, 0.1) is 50.7 Å². The molecule has 5 aliphatic carbocycles. The number of aliphatic hydroxyl groups is 15. The van der Waals surface area contributed by atoms with Gasteiger partial charge < -0.3 is 124 Å². The van der Waals surface area contributed by atoms with Gasteiger partial charge in [-0.05, 0) is 111 Å². The van der Waals surface area contributed by atoms with E-state index in [9.17, 15) is 76.6 Å². The molecule has 4 saturated carbocycles. The molecule has 0 amide bonds. The van der Waals surface area contributed by atoms with Gasteiger partial charge in [0.2, 0.25) is 6.29 Å². The predicted molar refractivity (Wildman–Crippen MR) is 283 cm³/mol. The van der Waals surface area contributed by atoms with Crippen LogP contribution in [0, 0.1) is 50.2 Å². The van der Waals surface area contributed by atoms with E-state index < -0.39 is 191 Å². The van der Waals surface area contributed by atoms with Crippen LogP contribution in [0.1, 0.15) is 113 Å². The van der Waals surface area contributed by atoms with E-state index in [0.717, 1.165) is 25.7 Å². The fourth-order valence-corrected chi connectivity index (χ4v) is 17.3. The van der Waals surface area contributed by atoms with E-state index in [0.29, 0.717) is 38.5 Å². The Balaban J connectivity index is 0.823. The van der Waals surface area contributed by atoms with E-state index in [1.807, 2.05) is 6.92 Å². The molecule has 5 saturated heterocycles. The van der Waals surface area contributed by atoms with E-state index in [1.165, 1.54) is 12.5 Å². The Hall–Kier alpha value is -1.75. The van der Waals surface area contributed by atoms with E-state index in [1.54, 1.807) is 0 Å². The topological polar surface area (TPSA) is 413 Å². The fraction of sp³-hybridized carbons (Fsp3) is 0.948. The lowest BCUT2D eigenvalue weighted by atomic mass is 9.33. The van der Waals surface area contributed by atoms with Gasteiger partial charge in [0.15, 0.2) is 31.3 Å². The molecule has 10 rings (SSSR count). The molecule has 0 aromatic heterocycles. The van der Waals surface area contributed by atoms with Crippen molar-refractivity contribution < 1.29 is 129 Å². The molecule has 32 atom stereocenters. The lowest BCUT2D eigenvalue weighted by molar-refractivity contribution is -0.373. The molecule has 482 valence electrons. The summed E-state index contributed by atoms with van der Waals surface area (Å²) in [5.74, 6) is -0.555.